The van der Waals surface area contributed by atoms with Gasteiger partial charge in [0.25, 0.3) is 0 Å². The first kappa shape index (κ1) is 11.4. The SMILES string of the molecule is CCc1c(N)noc1C1CCCCS1(=O)=O. The molecule has 0 radical (unpaired) electrons. The first-order valence-electron chi connectivity index (χ1n) is 5.51. The first-order chi connectivity index (χ1) is 7.56. The summed E-state index contributed by atoms with van der Waals surface area (Å²) < 4.78 is 29.0. The molecule has 2 rings (SSSR count). The Bertz CT molecular complexity index is 478. The largest absolute Gasteiger partial charge is 0.381 e. The highest BCUT2D eigenvalue weighted by atomic mass is 32.2. The van der Waals surface area contributed by atoms with E-state index in [9.17, 15) is 8.42 Å². The quantitative estimate of drug-likeness (QED) is 0.851. The van der Waals surface area contributed by atoms with E-state index in [4.69, 9.17) is 10.3 Å². The molecule has 1 aromatic heterocycles. The van der Waals surface area contributed by atoms with Crippen molar-refractivity contribution in [2.45, 2.75) is 37.9 Å². The molecule has 1 fully saturated rings. The van der Waals surface area contributed by atoms with E-state index in [1.165, 1.54) is 0 Å². The molecule has 1 aliphatic rings. The van der Waals surface area contributed by atoms with Gasteiger partial charge in [0.2, 0.25) is 0 Å². The predicted octanol–water partition coefficient (Wildman–Crippen LogP) is 1.46. The zero-order valence-electron chi connectivity index (χ0n) is 9.27. The molecular formula is C10H16N2O3S. The standard InChI is InChI=1S/C10H16N2O3S/c1-2-7-9(15-12-10(7)11)8-5-3-4-6-16(8,13)14/h8H,2-6H2,1H3,(H2,11,12). The van der Waals surface area contributed by atoms with E-state index in [1.807, 2.05) is 6.92 Å². The van der Waals surface area contributed by atoms with Crippen molar-refractivity contribution in [1.82, 2.24) is 5.16 Å². The summed E-state index contributed by atoms with van der Waals surface area (Å²) >= 11 is 0. The lowest BCUT2D eigenvalue weighted by Gasteiger charge is -2.20. The maximum atomic E-state index is 11.9. The van der Waals surface area contributed by atoms with E-state index in [-0.39, 0.29) is 5.75 Å². The van der Waals surface area contributed by atoms with Crippen molar-refractivity contribution in [2.75, 3.05) is 11.5 Å². The van der Waals surface area contributed by atoms with Gasteiger partial charge in [-0.05, 0) is 19.3 Å². The maximum absolute atomic E-state index is 11.9. The maximum Gasteiger partial charge on any atom is 0.170 e. The lowest BCUT2D eigenvalue weighted by molar-refractivity contribution is 0.369. The third-order valence-electron chi connectivity index (χ3n) is 3.07. The molecule has 16 heavy (non-hydrogen) atoms. The minimum Gasteiger partial charge on any atom is -0.381 e. The van der Waals surface area contributed by atoms with Gasteiger partial charge in [0.05, 0.1) is 5.75 Å². The molecule has 0 aliphatic carbocycles. The lowest BCUT2D eigenvalue weighted by atomic mass is 10.1. The first-order valence-corrected chi connectivity index (χ1v) is 7.23. The second-order valence-corrected chi connectivity index (χ2v) is 6.42. The molecule has 0 amide bonds. The average Bonchev–Trinajstić information content (AvgIpc) is 2.58. The Morgan fingerprint density at radius 1 is 1.50 bits per heavy atom. The van der Waals surface area contributed by atoms with Crippen LogP contribution in [-0.2, 0) is 16.3 Å². The zero-order chi connectivity index (χ0) is 11.8. The summed E-state index contributed by atoms with van der Waals surface area (Å²) in [5.74, 6) is 1.01. The highest BCUT2D eigenvalue weighted by Crippen LogP contribution is 2.36. The van der Waals surface area contributed by atoms with Crippen LogP contribution in [0.5, 0.6) is 0 Å². The molecule has 1 aromatic rings. The molecule has 1 saturated heterocycles. The minimum atomic E-state index is -3.09. The van der Waals surface area contributed by atoms with Gasteiger partial charge < -0.3 is 10.3 Å². The van der Waals surface area contributed by atoms with Crippen molar-refractivity contribution < 1.29 is 12.9 Å². The molecule has 0 aromatic carbocycles. The van der Waals surface area contributed by atoms with Gasteiger partial charge in [0.15, 0.2) is 21.4 Å². The summed E-state index contributed by atoms with van der Waals surface area (Å²) in [5.41, 5.74) is 6.39. The molecular weight excluding hydrogens is 228 g/mol. The number of aromatic nitrogens is 1. The number of anilines is 1. The number of nitrogens with zero attached hydrogens (tertiary/aromatic N) is 1. The van der Waals surface area contributed by atoms with Gasteiger partial charge in [-0.1, -0.05) is 18.5 Å². The van der Waals surface area contributed by atoms with Crippen LogP contribution in [0, 0.1) is 0 Å². The normalized spacial score (nSPS) is 24.4. The fraction of sp³-hybridized carbons (Fsp3) is 0.700. The highest BCUT2D eigenvalue weighted by Gasteiger charge is 2.35. The van der Waals surface area contributed by atoms with Gasteiger partial charge in [-0.2, -0.15) is 0 Å². The van der Waals surface area contributed by atoms with Crippen molar-refractivity contribution in [2.24, 2.45) is 0 Å². The van der Waals surface area contributed by atoms with Gasteiger partial charge in [-0.3, -0.25) is 0 Å². The Hall–Kier alpha value is -1.04. The van der Waals surface area contributed by atoms with E-state index in [0.717, 1.165) is 18.4 Å². The smallest absolute Gasteiger partial charge is 0.170 e. The Kier molecular flexibility index (Phi) is 2.92. The molecule has 6 heteroatoms. The van der Waals surface area contributed by atoms with E-state index in [2.05, 4.69) is 5.16 Å². The molecule has 90 valence electrons. The van der Waals surface area contributed by atoms with E-state index in [0.29, 0.717) is 24.4 Å². The number of hydrogen-bond acceptors (Lipinski definition) is 5. The van der Waals surface area contributed by atoms with Gasteiger partial charge in [0.1, 0.15) is 5.25 Å². The van der Waals surface area contributed by atoms with E-state index in [1.54, 1.807) is 0 Å². The Morgan fingerprint density at radius 3 is 2.88 bits per heavy atom. The molecule has 2 heterocycles. The minimum absolute atomic E-state index is 0.238. The van der Waals surface area contributed by atoms with Crippen LogP contribution in [0.25, 0.3) is 0 Å². The van der Waals surface area contributed by atoms with Crippen molar-refractivity contribution in [3.63, 3.8) is 0 Å². The van der Waals surface area contributed by atoms with Crippen molar-refractivity contribution in [3.8, 4) is 0 Å². The second kappa shape index (κ2) is 4.08. The fourth-order valence-corrected chi connectivity index (χ4v) is 4.12. The third kappa shape index (κ3) is 1.81. The summed E-state index contributed by atoms with van der Waals surface area (Å²) in [6.07, 6.45) is 2.91. The highest BCUT2D eigenvalue weighted by molar-refractivity contribution is 7.91. The topological polar surface area (TPSA) is 86.2 Å². The number of sulfone groups is 1. The Balaban J connectivity index is 2.43. The molecule has 2 N–H and O–H groups in total. The van der Waals surface area contributed by atoms with Gasteiger partial charge in [-0.25, -0.2) is 8.42 Å². The number of nitrogens with two attached hydrogens (primary N) is 1. The van der Waals surface area contributed by atoms with Crippen LogP contribution in [0.15, 0.2) is 4.52 Å². The summed E-state index contributed by atoms with van der Waals surface area (Å²) in [5, 5.41) is 3.13. The van der Waals surface area contributed by atoms with Crippen molar-refractivity contribution in [3.05, 3.63) is 11.3 Å². The predicted molar refractivity (Wildman–Crippen MR) is 60.7 cm³/mol. The molecule has 5 nitrogen and oxygen atoms in total. The summed E-state index contributed by atoms with van der Waals surface area (Å²) in [4.78, 5) is 0. The average molecular weight is 244 g/mol. The molecule has 1 aliphatic heterocycles. The van der Waals surface area contributed by atoms with Crippen molar-refractivity contribution >= 4 is 15.7 Å². The monoisotopic (exact) mass is 244 g/mol. The van der Waals surface area contributed by atoms with Crippen LogP contribution in [0.2, 0.25) is 0 Å². The number of nitrogen functional groups attached to an aromatic ring is 1. The lowest BCUT2D eigenvalue weighted by Crippen LogP contribution is -2.22. The Labute approximate surface area is 94.9 Å². The second-order valence-electron chi connectivity index (χ2n) is 4.12. The third-order valence-corrected chi connectivity index (χ3v) is 5.25. The summed E-state index contributed by atoms with van der Waals surface area (Å²) in [6, 6.07) is 0. The van der Waals surface area contributed by atoms with Crippen LogP contribution in [0.3, 0.4) is 0 Å². The van der Waals surface area contributed by atoms with Gasteiger partial charge >= 0.3 is 0 Å². The fourth-order valence-electron chi connectivity index (χ4n) is 2.19. The van der Waals surface area contributed by atoms with Crippen LogP contribution >= 0.6 is 0 Å². The van der Waals surface area contributed by atoms with Crippen LogP contribution in [0.1, 0.15) is 42.8 Å². The zero-order valence-corrected chi connectivity index (χ0v) is 10.1. The van der Waals surface area contributed by atoms with Gasteiger partial charge in [-0.15, -0.1) is 0 Å². The van der Waals surface area contributed by atoms with Crippen LogP contribution in [-0.4, -0.2) is 19.3 Å². The number of hydrogen-bond donors (Lipinski definition) is 1. The van der Waals surface area contributed by atoms with Gasteiger partial charge in [0, 0.05) is 5.56 Å². The van der Waals surface area contributed by atoms with E-state index >= 15 is 0 Å². The molecule has 1 unspecified atom stereocenters. The molecule has 0 bridgehead atoms. The molecule has 0 spiro atoms. The van der Waals surface area contributed by atoms with Crippen molar-refractivity contribution in [1.29, 1.82) is 0 Å². The number of rotatable bonds is 2. The summed E-state index contributed by atoms with van der Waals surface area (Å²) in [6.45, 7) is 1.92. The van der Waals surface area contributed by atoms with Crippen LogP contribution in [0.4, 0.5) is 5.82 Å². The van der Waals surface area contributed by atoms with E-state index < -0.39 is 15.1 Å². The Morgan fingerprint density at radius 2 is 2.25 bits per heavy atom. The summed E-state index contributed by atoms with van der Waals surface area (Å²) in [7, 11) is -3.09. The molecule has 0 saturated carbocycles. The molecule has 1 atom stereocenters. The van der Waals surface area contributed by atoms with Crippen LogP contribution < -0.4 is 5.73 Å².